The first kappa shape index (κ1) is 26.0. The zero-order valence-electron chi connectivity index (χ0n) is 19.8. The maximum Gasteiger partial charge on any atom is 0.412 e. The van der Waals surface area contributed by atoms with Gasteiger partial charge >= 0.3 is 12.1 Å². The predicted octanol–water partition coefficient (Wildman–Crippen LogP) is 2.65. The largest absolute Gasteiger partial charge is 0.469 e. The zero-order valence-corrected chi connectivity index (χ0v) is 19.8. The third-order valence-corrected chi connectivity index (χ3v) is 4.63. The molecule has 0 aromatic rings. The van der Waals surface area contributed by atoms with E-state index in [4.69, 9.17) is 9.47 Å². The van der Waals surface area contributed by atoms with Gasteiger partial charge in [-0.05, 0) is 61.3 Å². The standard InChI is InChI=1S/C21H40N4O5/c1-9-22-18(23-13-11-10-12-17(26)28-8)24-14-16-15(2)29-21(6,7)25(16)19(27)30-20(3,4)5/h15-16H,9-14H2,1-8H3,(H2,22,23,24). The number of unbranched alkanes of at least 4 members (excludes halogenated alkanes) is 1. The number of carbonyl (C=O) groups is 2. The Balaban J connectivity index is 2.76. The highest BCUT2D eigenvalue weighted by atomic mass is 16.6. The topological polar surface area (TPSA) is 101 Å². The van der Waals surface area contributed by atoms with Crippen molar-refractivity contribution in [3.05, 3.63) is 0 Å². The van der Waals surface area contributed by atoms with Gasteiger partial charge in [0.25, 0.3) is 0 Å². The van der Waals surface area contributed by atoms with Crippen LogP contribution in [0.1, 0.15) is 67.7 Å². The molecule has 0 radical (unpaired) electrons. The molecular formula is C21H40N4O5. The van der Waals surface area contributed by atoms with Gasteiger partial charge in [-0.25, -0.2) is 4.79 Å². The summed E-state index contributed by atoms with van der Waals surface area (Å²) < 4.78 is 16.3. The summed E-state index contributed by atoms with van der Waals surface area (Å²) in [6, 6.07) is -0.246. The van der Waals surface area contributed by atoms with Crippen LogP contribution in [0.2, 0.25) is 0 Å². The maximum absolute atomic E-state index is 12.8. The number of nitrogens with one attached hydrogen (secondary N) is 2. The molecule has 1 aliphatic heterocycles. The fourth-order valence-corrected chi connectivity index (χ4v) is 3.33. The van der Waals surface area contributed by atoms with Crippen molar-refractivity contribution in [1.29, 1.82) is 0 Å². The van der Waals surface area contributed by atoms with Crippen LogP contribution in [0.4, 0.5) is 4.79 Å². The Bertz CT molecular complexity index is 601. The minimum atomic E-state index is -0.776. The number of aliphatic imine (C=N–C) groups is 1. The molecule has 0 aromatic heterocycles. The molecule has 0 aromatic carbocycles. The summed E-state index contributed by atoms with van der Waals surface area (Å²) in [6.45, 7) is 15.0. The highest BCUT2D eigenvalue weighted by molar-refractivity contribution is 5.79. The summed E-state index contributed by atoms with van der Waals surface area (Å²) in [5.74, 6) is 0.465. The molecule has 1 fully saturated rings. The molecule has 9 nitrogen and oxygen atoms in total. The lowest BCUT2D eigenvalue weighted by molar-refractivity contribution is -0.140. The number of esters is 1. The number of rotatable bonds is 8. The molecule has 2 atom stereocenters. The van der Waals surface area contributed by atoms with Crippen molar-refractivity contribution in [3.8, 4) is 0 Å². The second kappa shape index (κ2) is 11.4. The van der Waals surface area contributed by atoms with Crippen molar-refractivity contribution in [2.45, 2.75) is 91.2 Å². The van der Waals surface area contributed by atoms with Crippen LogP contribution < -0.4 is 10.6 Å². The minimum Gasteiger partial charge on any atom is -0.469 e. The zero-order chi connectivity index (χ0) is 22.9. The van der Waals surface area contributed by atoms with Crippen molar-refractivity contribution >= 4 is 18.0 Å². The Hall–Kier alpha value is -2.03. The van der Waals surface area contributed by atoms with Crippen molar-refractivity contribution in [2.75, 3.05) is 26.7 Å². The molecule has 1 amide bonds. The van der Waals surface area contributed by atoms with Crippen LogP contribution in [0.15, 0.2) is 4.99 Å². The molecule has 1 heterocycles. The van der Waals surface area contributed by atoms with Gasteiger partial charge in [-0.2, -0.15) is 0 Å². The molecule has 174 valence electrons. The lowest BCUT2D eigenvalue weighted by Gasteiger charge is -2.34. The number of amides is 1. The van der Waals surface area contributed by atoms with Gasteiger partial charge in [0.15, 0.2) is 5.96 Å². The number of ether oxygens (including phenoxy) is 3. The van der Waals surface area contributed by atoms with E-state index in [2.05, 4.69) is 20.4 Å². The van der Waals surface area contributed by atoms with Gasteiger partial charge in [-0.1, -0.05) is 0 Å². The molecule has 0 bridgehead atoms. The number of guanidine groups is 1. The number of nitrogens with zero attached hydrogens (tertiary/aromatic N) is 2. The molecule has 0 saturated carbocycles. The smallest absolute Gasteiger partial charge is 0.412 e. The van der Waals surface area contributed by atoms with E-state index in [9.17, 15) is 9.59 Å². The fraction of sp³-hybridized carbons (Fsp3) is 0.857. The second-order valence-corrected chi connectivity index (χ2v) is 8.87. The van der Waals surface area contributed by atoms with Crippen molar-refractivity contribution in [1.82, 2.24) is 15.5 Å². The van der Waals surface area contributed by atoms with E-state index in [1.807, 2.05) is 48.5 Å². The summed E-state index contributed by atoms with van der Waals surface area (Å²) in [5.41, 5.74) is -1.37. The first-order chi connectivity index (χ1) is 13.9. The SMILES string of the molecule is CCNC(=NCC1C(C)OC(C)(C)N1C(=O)OC(C)(C)C)NCCCCC(=O)OC. The van der Waals surface area contributed by atoms with Gasteiger partial charge in [0.1, 0.15) is 11.3 Å². The molecular weight excluding hydrogens is 388 g/mol. The van der Waals surface area contributed by atoms with Crippen LogP contribution in [0.25, 0.3) is 0 Å². The Morgan fingerprint density at radius 3 is 2.43 bits per heavy atom. The van der Waals surface area contributed by atoms with Gasteiger partial charge < -0.3 is 24.8 Å². The highest BCUT2D eigenvalue weighted by Gasteiger charge is 2.49. The minimum absolute atomic E-state index is 0.181. The Morgan fingerprint density at radius 2 is 1.87 bits per heavy atom. The van der Waals surface area contributed by atoms with Crippen molar-refractivity contribution in [3.63, 3.8) is 0 Å². The lowest BCUT2D eigenvalue weighted by atomic mass is 10.1. The third-order valence-electron chi connectivity index (χ3n) is 4.63. The maximum atomic E-state index is 12.8. The Kier molecular flexibility index (Phi) is 9.87. The summed E-state index contributed by atoms with van der Waals surface area (Å²) in [5, 5.41) is 6.47. The molecule has 2 N–H and O–H groups in total. The van der Waals surface area contributed by atoms with E-state index in [-0.39, 0.29) is 18.1 Å². The van der Waals surface area contributed by atoms with Crippen LogP contribution >= 0.6 is 0 Å². The average molecular weight is 429 g/mol. The van der Waals surface area contributed by atoms with E-state index in [0.29, 0.717) is 32.0 Å². The Labute approximate surface area is 180 Å². The van der Waals surface area contributed by atoms with Gasteiger partial charge in [-0.3, -0.25) is 14.7 Å². The third kappa shape index (κ3) is 8.38. The molecule has 0 spiro atoms. The molecule has 9 heteroatoms. The molecule has 1 rings (SSSR count). The van der Waals surface area contributed by atoms with Gasteiger partial charge in [-0.15, -0.1) is 0 Å². The number of hydrogen-bond donors (Lipinski definition) is 2. The summed E-state index contributed by atoms with van der Waals surface area (Å²) in [7, 11) is 1.39. The van der Waals surface area contributed by atoms with E-state index < -0.39 is 17.4 Å². The fourth-order valence-electron chi connectivity index (χ4n) is 3.33. The molecule has 1 aliphatic rings. The monoisotopic (exact) mass is 428 g/mol. The quantitative estimate of drug-likeness (QED) is 0.265. The summed E-state index contributed by atoms with van der Waals surface area (Å²) in [4.78, 5) is 30.3. The highest BCUT2D eigenvalue weighted by Crippen LogP contribution is 2.33. The number of methoxy groups -OCH3 is 1. The van der Waals surface area contributed by atoms with Crippen LogP contribution in [-0.2, 0) is 19.0 Å². The molecule has 30 heavy (non-hydrogen) atoms. The predicted molar refractivity (Wildman–Crippen MR) is 116 cm³/mol. The van der Waals surface area contributed by atoms with E-state index in [0.717, 1.165) is 12.8 Å². The molecule has 1 saturated heterocycles. The van der Waals surface area contributed by atoms with Crippen LogP contribution in [0.5, 0.6) is 0 Å². The summed E-state index contributed by atoms with van der Waals surface area (Å²) in [6.07, 6.45) is 1.38. The molecule has 0 aliphatic carbocycles. The van der Waals surface area contributed by atoms with Gasteiger partial charge in [0.05, 0.1) is 25.8 Å². The van der Waals surface area contributed by atoms with E-state index in [1.165, 1.54) is 7.11 Å². The van der Waals surface area contributed by atoms with Crippen LogP contribution in [0.3, 0.4) is 0 Å². The van der Waals surface area contributed by atoms with Gasteiger partial charge in [0, 0.05) is 19.5 Å². The van der Waals surface area contributed by atoms with E-state index >= 15 is 0 Å². The van der Waals surface area contributed by atoms with Crippen LogP contribution in [-0.4, -0.2) is 73.1 Å². The normalized spacial score (nSPS) is 21.3. The Morgan fingerprint density at radius 1 is 1.20 bits per heavy atom. The second-order valence-electron chi connectivity index (χ2n) is 8.87. The first-order valence-electron chi connectivity index (χ1n) is 10.7. The van der Waals surface area contributed by atoms with Crippen molar-refractivity contribution < 1.29 is 23.8 Å². The summed E-state index contributed by atoms with van der Waals surface area (Å²) >= 11 is 0. The first-order valence-corrected chi connectivity index (χ1v) is 10.7. The van der Waals surface area contributed by atoms with Gasteiger partial charge in [0.2, 0.25) is 0 Å². The van der Waals surface area contributed by atoms with Crippen LogP contribution in [0, 0.1) is 0 Å². The average Bonchev–Trinajstić information content (AvgIpc) is 2.85. The van der Waals surface area contributed by atoms with E-state index in [1.54, 1.807) is 4.90 Å². The number of hydrogen-bond acceptors (Lipinski definition) is 6. The number of carbonyl (C=O) groups excluding carboxylic acids is 2. The van der Waals surface area contributed by atoms with Crippen molar-refractivity contribution in [2.24, 2.45) is 4.99 Å². The lowest BCUT2D eigenvalue weighted by Crippen LogP contribution is -2.51. The molecule has 2 unspecified atom stereocenters.